The Hall–Kier alpha value is -3.32. The number of ether oxygens (including phenoxy) is 2. The number of carbonyl (C=O) groups excluding carboxylic acids is 1. The van der Waals surface area contributed by atoms with E-state index in [1.54, 1.807) is 13.1 Å². The first kappa shape index (κ1) is 23.3. The minimum atomic E-state index is -0.536. The largest absolute Gasteiger partial charge is 0.490 e. The van der Waals surface area contributed by atoms with Crippen molar-refractivity contribution >= 4 is 28.2 Å². The lowest BCUT2D eigenvalue weighted by Gasteiger charge is -2.18. The van der Waals surface area contributed by atoms with Crippen molar-refractivity contribution in [1.29, 1.82) is 0 Å². The number of benzene rings is 2. The van der Waals surface area contributed by atoms with E-state index in [-0.39, 0.29) is 5.91 Å². The van der Waals surface area contributed by atoms with Crippen LogP contribution < -0.4 is 25.8 Å². The number of aromatic nitrogens is 1. The molecule has 7 nitrogen and oxygen atoms in total. The van der Waals surface area contributed by atoms with Crippen LogP contribution in [-0.2, 0) is 17.8 Å². The molecule has 2 aromatic carbocycles. The van der Waals surface area contributed by atoms with E-state index in [1.165, 1.54) is 0 Å². The first-order valence-electron chi connectivity index (χ1n) is 11.1. The van der Waals surface area contributed by atoms with Crippen LogP contribution >= 0.6 is 0 Å². The summed E-state index contributed by atoms with van der Waals surface area (Å²) in [4.78, 5) is 16.4. The van der Waals surface area contributed by atoms with Gasteiger partial charge in [-0.25, -0.2) is 0 Å². The summed E-state index contributed by atoms with van der Waals surface area (Å²) in [7, 11) is 0. The van der Waals surface area contributed by atoms with Crippen LogP contribution in [0.5, 0.6) is 11.5 Å². The van der Waals surface area contributed by atoms with Crippen LogP contribution in [0.4, 0.5) is 11.4 Å². The molecule has 0 spiro atoms. The van der Waals surface area contributed by atoms with Gasteiger partial charge in [0.15, 0.2) is 11.5 Å². The van der Waals surface area contributed by atoms with Crippen molar-refractivity contribution in [1.82, 2.24) is 10.3 Å². The number of carbonyl (C=O) groups is 1. The lowest BCUT2D eigenvalue weighted by Crippen LogP contribution is -2.38. The second-order valence-electron chi connectivity index (χ2n) is 7.47. The molecule has 1 atom stereocenters. The third-order valence-electron chi connectivity index (χ3n) is 5.17. The minimum absolute atomic E-state index is 0.168. The zero-order chi connectivity index (χ0) is 23.1. The van der Waals surface area contributed by atoms with Crippen LogP contribution in [0.25, 0.3) is 10.9 Å². The molecule has 4 N–H and O–H groups in total. The predicted octanol–water partition coefficient (Wildman–Crippen LogP) is 4.30. The molecule has 3 rings (SSSR count). The number of hydrogen-bond donors (Lipinski definition) is 3. The number of anilines is 2. The molecule has 3 aromatic rings. The van der Waals surface area contributed by atoms with E-state index in [2.05, 4.69) is 22.5 Å². The molecule has 7 heteroatoms. The molecule has 1 amide bonds. The van der Waals surface area contributed by atoms with E-state index in [0.29, 0.717) is 31.3 Å². The second-order valence-corrected chi connectivity index (χ2v) is 7.47. The molecule has 1 heterocycles. The summed E-state index contributed by atoms with van der Waals surface area (Å²) in [5.74, 6) is 1.22. The van der Waals surface area contributed by atoms with Crippen LogP contribution in [0, 0.1) is 0 Å². The molecular weight excluding hydrogens is 404 g/mol. The number of nitrogens with one attached hydrogen (secondary N) is 2. The van der Waals surface area contributed by atoms with Gasteiger partial charge >= 0.3 is 0 Å². The summed E-state index contributed by atoms with van der Waals surface area (Å²) in [6.45, 7) is 9.20. The highest BCUT2D eigenvalue weighted by molar-refractivity contribution is 5.95. The monoisotopic (exact) mass is 436 g/mol. The zero-order valence-electron chi connectivity index (χ0n) is 19.2. The van der Waals surface area contributed by atoms with Crippen LogP contribution in [-0.4, -0.2) is 30.1 Å². The average molecular weight is 437 g/mol. The molecular formula is C25H32N4O3. The van der Waals surface area contributed by atoms with Gasteiger partial charge in [-0.2, -0.15) is 0 Å². The quantitative estimate of drug-likeness (QED) is 0.438. The van der Waals surface area contributed by atoms with Crippen LogP contribution in [0.2, 0.25) is 0 Å². The number of amides is 1. The Morgan fingerprint density at radius 2 is 1.78 bits per heavy atom. The van der Waals surface area contributed by atoms with Crippen molar-refractivity contribution in [3.05, 3.63) is 53.7 Å². The summed E-state index contributed by atoms with van der Waals surface area (Å²) in [6.07, 6.45) is 2.59. The molecule has 0 saturated heterocycles. The zero-order valence-corrected chi connectivity index (χ0v) is 19.2. The van der Waals surface area contributed by atoms with Gasteiger partial charge in [0.25, 0.3) is 0 Å². The normalized spacial score (nSPS) is 11.8. The molecule has 0 radical (unpaired) electrons. The van der Waals surface area contributed by atoms with Gasteiger partial charge in [-0.15, -0.1) is 0 Å². The molecule has 0 unspecified atom stereocenters. The Bertz CT molecular complexity index is 1080. The van der Waals surface area contributed by atoms with E-state index in [0.717, 1.165) is 39.8 Å². The van der Waals surface area contributed by atoms with Crippen LogP contribution in [0.15, 0.2) is 42.6 Å². The standard InChI is InChI=1S/C25H32N4O3/c1-5-18-17(15-28-25(30)16(4)26)9-8-10-20(18)29-21-11-12-27-22-14-24(32-7-3)23(31-6-2)13-19(21)22/h8-14,16H,5-7,15,26H2,1-4H3,(H,27,29)(H,28,30)/t16-/m0/s1. The number of pyridine rings is 1. The first-order valence-corrected chi connectivity index (χ1v) is 11.1. The summed E-state index contributed by atoms with van der Waals surface area (Å²) in [6, 6.07) is 11.3. The Kier molecular flexibility index (Phi) is 7.89. The minimum Gasteiger partial charge on any atom is -0.490 e. The summed E-state index contributed by atoms with van der Waals surface area (Å²) < 4.78 is 11.6. The van der Waals surface area contributed by atoms with Gasteiger partial charge in [0.05, 0.1) is 24.8 Å². The number of hydrogen-bond acceptors (Lipinski definition) is 6. The van der Waals surface area contributed by atoms with E-state index in [1.807, 2.05) is 50.2 Å². The van der Waals surface area contributed by atoms with Gasteiger partial charge in [-0.3, -0.25) is 9.78 Å². The molecule has 0 fully saturated rings. The third kappa shape index (κ3) is 5.29. The summed E-state index contributed by atoms with van der Waals surface area (Å²) in [5.41, 5.74) is 10.6. The molecule has 0 aliphatic rings. The highest BCUT2D eigenvalue weighted by Gasteiger charge is 2.14. The fraction of sp³-hybridized carbons (Fsp3) is 0.360. The Morgan fingerprint density at radius 1 is 1.06 bits per heavy atom. The summed E-state index contributed by atoms with van der Waals surface area (Å²) in [5, 5.41) is 7.41. The van der Waals surface area contributed by atoms with Crippen molar-refractivity contribution in [2.75, 3.05) is 18.5 Å². The van der Waals surface area contributed by atoms with E-state index >= 15 is 0 Å². The second kappa shape index (κ2) is 10.8. The van der Waals surface area contributed by atoms with Gasteiger partial charge in [0, 0.05) is 35.6 Å². The SMILES string of the molecule is CCOc1cc2nccc(Nc3cccc(CNC(=O)[C@H](C)N)c3CC)c2cc1OCC. The van der Waals surface area contributed by atoms with Gasteiger partial charge < -0.3 is 25.8 Å². The molecule has 1 aromatic heterocycles. The molecule has 0 aliphatic carbocycles. The highest BCUT2D eigenvalue weighted by atomic mass is 16.5. The molecule has 170 valence electrons. The predicted molar refractivity (Wildman–Crippen MR) is 129 cm³/mol. The number of rotatable bonds is 10. The lowest BCUT2D eigenvalue weighted by molar-refractivity contribution is -0.122. The van der Waals surface area contributed by atoms with E-state index in [4.69, 9.17) is 15.2 Å². The molecule has 0 bridgehead atoms. The Balaban J connectivity index is 1.97. The molecule has 0 saturated carbocycles. The van der Waals surface area contributed by atoms with Crippen molar-refractivity contribution in [3.63, 3.8) is 0 Å². The summed E-state index contributed by atoms with van der Waals surface area (Å²) >= 11 is 0. The van der Waals surface area contributed by atoms with Crippen molar-refractivity contribution in [2.45, 2.75) is 46.7 Å². The number of nitrogens with zero attached hydrogens (tertiary/aromatic N) is 1. The first-order chi connectivity index (χ1) is 15.5. The van der Waals surface area contributed by atoms with Crippen molar-refractivity contribution in [3.8, 4) is 11.5 Å². The smallest absolute Gasteiger partial charge is 0.236 e. The lowest BCUT2D eigenvalue weighted by atomic mass is 10.0. The molecule has 32 heavy (non-hydrogen) atoms. The van der Waals surface area contributed by atoms with E-state index in [9.17, 15) is 4.79 Å². The highest BCUT2D eigenvalue weighted by Crippen LogP contribution is 2.36. The Morgan fingerprint density at radius 3 is 2.44 bits per heavy atom. The van der Waals surface area contributed by atoms with Crippen molar-refractivity contribution in [2.24, 2.45) is 5.73 Å². The third-order valence-corrected chi connectivity index (χ3v) is 5.17. The van der Waals surface area contributed by atoms with Gasteiger partial charge in [-0.1, -0.05) is 19.1 Å². The van der Waals surface area contributed by atoms with Crippen LogP contribution in [0.1, 0.15) is 38.8 Å². The maximum Gasteiger partial charge on any atom is 0.236 e. The molecule has 0 aliphatic heterocycles. The average Bonchev–Trinajstić information content (AvgIpc) is 2.78. The Labute approximate surface area is 189 Å². The van der Waals surface area contributed by atoms with Crippen LogP contribution in [0.3, 0.4) is 0 Å². The van der Waals surface area contributed by atoms with Gasteiger partial charge in [-0.05, 0) is 56.5 Å². The number of fused-ring (bicyclic) bond motifs is 1. The fourth-order valence-corrected chi connectivity index (χ4v) is 3.62. The maximum absolute atomic E-state index is 11.9. The van der Waals surface area contributed by atoms with Gasteiger partial charge in [0.1, 0.15) is 0 Å². The topological polar surface area (TPSA) is 98.5 Å². The van der Waals surface area contributed by atoms with Gasteiger partial charge in [0.2, 0.25) is 5.91 Å². The van der Waals surface area contributed by atoms with E-state index < -0.39 is 6.04 Å². The fourth-order valence-electron chi connectivity index (χ4n) is 3.62. The maximum atomic E-state index is 11.9. The van der Waals surface area contributed by atoms with Crippen molar-refractivity contribution < 1.29 is 14.3 Å². The number of nitrogens with two attached hydrogens (primary N) is 1.